The van der Waals surface area contributed by atoms with E-state index in [9.17, 15) is 0 Å². The van der Waals surface area contributed by atoms with Gasteiger partial charge in [0.1, 0.15) is 0 Å². The first-order valence-corrected chi connectivity index (χ1v) is 9.32. The molecular formula is C11H10ClGe. The summed E-state index contributed by atoms with van der Waals surface area (Å²) in [6.45, 7) is 0. The summed E-state index contributed by atoms with van der Waals surface area (Å²) in [5.41, 5.74) is 0. The summed E-state index contributed by atoms with van der Waals surface area (Å²) in [5.74, 6) is 0. The Morgan fingerprint density at radius 3 is 2.23 bits per heavy atom. The van der Waals surface area contributed by atoms with Crippen LogP contribution in [0.4, 0.5) is 0 Å². The number of hydrogen-bond acceptors (Lipinski definition) is 0. The van der Waals surface area contributed by atoms with Crippen molar-refractivity contribution in [3.05, 3.63) is 54.6 Å². The van der Waals surface area contributed by atoms with Crippen molar-refractivity contribution in [1.29, 1.82) is 0 Å². The predicted octanol–water partition coefficient (Wildman–Crippen LogP) is 2.62. The van der Waals surface area contributed by atoms with E-state index in [1.807, 2.05) is 6.07 Å². The minimum atomic E-state index is -1.59. The summed E-state index contributed by atoms with van der Waals surface area (Å²) in [4.78, 5) is 0. The fourth-order valence-corrected chi connectivity index (χ4v) is 5.86. The van der Waals surface area contributed by atoms with Crippen LogP contribution in [0, 0.1) is 0 Å². The molecular weight excluding hydrogens is 240 g/mol. The van der Waals surface area contributed by atoms with Crippen LogP contribution in [0.2, 0.25) is 4.75 Å². The molecule has 0 saturated heterocycles. The van der Waals surface area contributed by atoms with Crippen molar-refractivity contribution in [2.24, 2.45) is 0 Å². The maximum atomic E-state index is 6.48. The molecule has 1 radical (unpaired) electrons. The molecule has 1 aliphatic rings. The Hall–Kier alpha value is -0.467. The number of halogens is 1. The zero-order chi connectivity index (χ0) is 9.10. The van der Waals surface area contributed by atoms with Crippen LogP contribution in [-0.4, -0.2) is 13.4 Å². The maximum absolute atomic E-state index is 6.48. The summed E-state index contributed by atoms with van der Waals surface area (Å²) < 4.78 is 1.87. The SMILES string of the molecule is [Cl][Ge]([c]1ccccc1)[CH]1C=CC=C1. The van der Waals surface area contributed by atoms with Crippen LogP contribution in [-0.2, 0) is 0 Å². The van der Waals surface area contributed by atoms with Crippen LogP contribution in [0.25, 0.3) is 0 Å². The molecule has 65 valence electrons. The van der Waals surface area contributed by atoms with E-state index >= 15 is 0 Å². The van der Waals surface area contributed by atoms with Gasteiger partial charge in [-0.05, 0) is 0 Å². The van der Waals surface area contributed by atoms with Crippen LogP contribution in [0.3, 0.4) is 0 Å². The van der Waals surface area contributed by atoms with Crippen LogP contribution in [0.5, 0.6) is 0 Å². The molecule has 0 aromatic heterocycles. The zero-order valence-electron chi connectivity index (χ0n) is 7.15. The second-order valence-electron chi connectivity index (χ2n) is 3.01. The second-order valence-corrected chi connectivity index (χ2v) is 9.20. The topological polar surface area (TPSA) is 0 Å². The van der Waals surface area contributed by atoms with Gasteiger partial charge in [0.15, 0.2) is 0 Å². The van der Waals surface area contributed by atoms with E-state index in [-0.39, 0.29) is 0 Å². The summed E-state index contributed by atoms with van der Waals surface area (Å²) in [5, 5.41) is 0. The zero-order valence-corrected chi connectivity index (χ0v) is 10.0. The molecule has 0 N–H and O–H groups in total. The van der Waals surface area contributed by atoms with Crippen molar-refractivity contribution in [2.45, 2.75) is 4.75 Å². The molecule has 0 unspecified atom stereocenters. The van der Waals surface area contributed by atoms with Gasteiger partial charge in [0.2, 0.25) is 0 Å². The van der Waals surface area contributed by atoms with Crippen LogP contribution in [0.1, 0.15) is 0 Å². The van der Waals surface area contributed by atoms with Crippen LogP contribution < -0.4 is 4.40 Å². The molecule has 0 nitrogen and oxygen atoms in total. The van der Waals surface area contributed by atoms with E-state index in [1.165, 1.54) is 4.40 Å². The van der Waals surface area contributed by atoms with Gasteiger partial charge in [-0.1, -0.05) is 0 Å². The molecule has 2 rings (SSSR count). The first-order valence-electron chi connectivity index (χ1n) is 4.31. The molecule has 0 aliphatic heterocycles. The quantitative estimate of drug-likeness (QED) is 0.708. The predicted molar refractivity (Wildman–Crippen MR) is 59.7 cm³/mol. The molecule has 1 aromatic rings. The Morgan fingerprint density at radius 2 is 1.62 bits per heavy atom. The molecule has 2 heteroatoms. The van der Waals surface area contributed by atoms with Gasteiger partial charge >= 0.3 is 87.2 Å². The Kier molecular flexibility index (Phi) is 2.91. The third-order valence-corrected chi connectivity index (χ3v) is 8.43. The summed E-state index contributed by atoms with van der Waals surface area (Å²) in [6, 6.07) is 10.4. The third-order valence-electron chi connectivity index (χ3n) is 2.09. The van der Waals surface area contributed by atoms with Crippen molar-refractivity contribution in [1.82, 2.24) is 0 Å². The van der Waals surface area contributed by atoms with E-state index < -0.39 is 13.4 Å². The third kappa shape index (κ3) is 2.06. The average Bonchev–Trinajstić information content (AvgIpc) is 2.71. The van der Waals surface area contributed by atoms with Gasteiger partial charge in [0, 0.05) is 0 Å². The van der Waals surface area contributed by atoms with Crippen molar-refractivity contribution < 1.29 is 0 Å². The molecule has 0 heterocycles. The molecule has 0 atom stereocenters. The van der Waals surface area contributed by atoms with E-state index in [0.717, 1.165) is 0 Å². The van der Waals surface area contributed by atoms with Gasteiger partial charge in [0.25, 0.3) is 0 Å². The monoisotopic (exact) mass is 251 g/mol. The number of allylic oxidation sites excluding steroid dienone is 4. The number of benzene rings is 1. The molecule has 0 saturated carbocycles. The van der Waals surface area contributed by atoms with E-state index in [4.69, 9.17) is 10.0 Å². The standard InChI is InChI=1S/C11H10ClGe/c12-13(11-8-4-5-9-11)10-6-2-1-3-7-10/h1-9,11H. The number of hydrogen-bond donors (Lipinski definition) is 0. The van der Waals surface area contributed by atoms with E-state index in [1.54, 1.807) is 0 Å². The van der Waals surface area contributed by atoms with Crippen LogP contribution >= 0.6 is 10.0 Å². The van der Waals surface area contributed by atoms with E-state index in [0.29, 0.717) is 4.75 Å². The van der Waals surface area contributed by atoms with Crippen molar-refractivity contribution in [2.75, 3.05) is 0 Å². The van der Waals surface area contributed by atoms with Crippen molar-refractivity contribution >= 4 is 27.8 Å². The fraction of sp³-hybridized carbons (Fsp3) is 0.0909. The molecule has 1 aromatic carbocycles. The Bertz CT molecular complexity index is 317. The minimum absolute atomic E-state index is 0.518. The average molecular weight is 250 g/mol. The Labute approximate surface area is 87.2 Å². The Morgan fingerprint density at radius 1 is 1.00 bits per heavy atom. The van der Waals surface area contributed by atoms with Gasteiger partial charge in [-0.15, -0.1) is 0 Å². The summed E-state index contributed by atoms with van der Waals surface area (Å²) >= 11 is -1.59. The molecule has 0 amide bonds. The molecule has 0 bridgehead atoms. The molecule has 1 aliphatic carbocycles. The summed E-state index contributed by atoms with van der Waals surface area (Å²) in [7, 11) is 6.48. The second kappa shape index (κ2) is 4.16. The molecule has 0 fully saturated rings. The van der Waals surface area contributed by atoms with Crippen molar-refractivity contribution in [3.8, 4) is 0 Å². The Balaban J connectivity index is 2.18. The first-order chi connectivity index (χ1) is 6.38. The normalized spacial score (nSPS) is 15.8. The van der Waals surface area contributed by atoms with E-state index in [2.05, 4.69) is 48.6 Å². The fourth-order valence-electron chi connectivity index (χ4n) is 1.39. The molecule has 0 spiro atoms. The number of rotatable bonds is 2. The van der Waals surface area contributed by atoms with Gasteiger partial charge < -0.3 is 0 Å². The van der Waals surface area contributed by atoms with Crippen LogP contribution in [0.15, 0.2) is 54.6 Å². The summed E-state index contributed by atoms with van der Waals surface area (Å²) in [6.07, 6.45) is 8.58. The first kappa shape index (κ1) is 9.10. The van der Waals surface area contributed by atoms with Crippen molar-refractivity contribution in [3.63, 3.8) is 0 Å². The molecule has 13 heavy (non-hydrogen) atoms. The van der Waals surface area contributed by atoms with Gasteiger partial charge in [-0.3, -0.25) is 0 Å². The van der Waals surface area contributed by atoms with Gasteiger partial charge in [0.05, 0.1) is 0 Å². The van der Waals surface area contributed by atoms with Gasteiger partial charge in [-0.25, -0.2) is 0 Å². The van der Waals surface area contributed by atoms with Gasteiger partial charge in [-0.2, -0.15) is 0 Å².